The Labute approximate surface area is 71.0 Å². The van der Waals surface area contributed by atoms with Gasteiger partial charge in [0.15, 0.2) is 0 Å². The van der Waals surface area contributed by atoms with Gasteiger partial charge in [-0.2, -0.15) is 0 Å². The summed E-state index contributed by atoms with van der Waals surface area (Å²) in [5.41, 5.74) is 5.87. The Morgan fingerprint density at radius 3 is 1.91 bits per heavy atom. The molecule has 2 N–H and O–H groups in total. The van der Waals surface area contributed by atoms with E-state index >= 15 is 0 Å². The van der Waals surface area contributed by atoms with Gasteiger partial charge in [-0.3, -0.25) is 0 Å². The van der Waals surface area contributed by atoms with Gasteiger partial charge in [0.25, 0.3) is 0 Å². The van der Waals surface area contributed by atoms with Crippen LogP contribution in [0.1, 0.15) is 26.7 Å². The second-order valence-electron chi connectivity index (χ2n) is 5.11. The maximum absolute atomic E-state index is 5.86. The molecule has 0 bridgehead atoms. The van der Waals surface area contributed by atoms with E-state index in [1.54, 1.807) is 0 Å². The smallest absolute Gasteiger partial charge is 0.0781 e. The molecule has 0 heterocycles. The summed E-state index contributed by atoms with van der Waals surface area (Å²) in [6, 6.07) is 0. The van der Waals surface area contributed by atoms with Gasteiger partial charge in [0.05, 0.1) is 27.7 Å². The first-order valence-electron chi connectivity index (χ1n) is 4.30. The standard InChI is InChI=1S/C9H23N2/c1-9(2,10)7-6-8-11(3,4)5/h6-8,10H2,1-5H3/q+1. The quantitative estimate of drug-likeness (QED) is 0.613. The molecule has 0 saturated heterocycles. The number of hydrogen-bond acceptors (Lipinski definition) is 1. The van der Waals surface area contributed by atoms with Gasteiger partial charge in [0, 0.05) is 5.54 Å². The van der Waals surface area contributed by atoms with Crippen molar-refractivity contribution in [3.8, 4) is 0 Å². The van der Waals surface area contributed by atoms with Crippen LogP contribution in [-0.2, 0) is 0 Å². The molecule has 0 aromatic rings. The molecule has 2 nitrogen and oxygen atoms in total. The van der Waals surface area contributed by atoms with Crippen LogP contribution in [0.4, 0.5) is 0 Å². The van der Waals surface area contributed by atoms with Crippen molar-refractivity contribution in [3.05, 3.63) is 0 Å². The number of rotatable bonds is 4. The molecule has 0 aromatic heterocycles. The molecule has 0 spiro atoms. The highest BCUT2D eigenvalue weighted by Gasteiger charge is 2.13. The second kappa shape index (κ2) is 3.55. The Morgan fingerprint density at radius 2 is 1.64 bits per heavy atom. The topological polar surface area (TPSA) is 26.0 Å². The summed E-state index contributed by atoms with van der Waals surface area (Å²) in [5, 5.41) is 0. The minimum absolute atomic E-state index is 0.00910. The van der Waals surface area contributed by atoms with Crippen LogP contribution in [0.3, 0.4) is 0 Å². The van der Waals surface area contributed by atoms with E-state index in [1.807, 2.05) is 0 Å². The summed E-state index contributed by atoms with van der Waals surface area (Å²) in [7, 11) is 6.64. The summed E-state index contributed by atoms with van der Waals surface area (Å²) in [5.74, 6) is 0. The maximum Gasteiger partial charge on any atom is 0.0781 e. The fourth-order valence-corrected chi connectivity index (χ4v) is 1.01. The molecule has 11 heavy (non-hydrogen) atoms. The van der Waals surface area contributed by atoms with E-state index in [1.165, 1.54) is 13.0 Å². The fraction of sp³-hybridized carbons (Fsp3) is 1.00. The lowest BCUT2D eigenvalue weighted by molar-refractivity contribution is -0.870. The van der Waals surface area contributed by atoms with Gasteiger partial charge in [-0.15, -0.1) is 0 Å². The van der Waals surface area contributed by atoms with Gasteiger partial charge >= 0.3 is 0 Å². The first kappa shape index (κ1) is 10.9. The van der Waals surface area contributed by atoms with Crippen molar-refractivity contribution >= 4 is 0 Å². The van der Waals surface area contributed by atoms with Gasteiger partial charge in [0.2, 0.25) is 0 Å². The monoisotopic (exact) mass is 159 g/mol. The molecule has 68 valence electrons. The van der Waals surface area contributed by atoms with Crippen LogP contribution in [0, 0.1) is 0 Å². The first-order chi connectivity index (χ1) is 4.71. The van der Waals surface area contributed by atoms with Crippen molar-refractivity contribution in [2.75, 3.05) is 27.7 Å². The third-order valence-corrected chi connectivity index (χ3v) is 1.65. The van der Waals surface area contributed by atoms with E-state index < -0.39 is 0 Å². The number of nitrogens with two attached hydrogens (primary N) is 1. The summed E-state index contributed by atoms with van der Waals surface area (Å²) >= 11 is 0. The Hall–Kier alpha value is -0.0800. The van der Waals surface area contributed by atoms with E-state index in [9.17, 15) is 0 Å². The highest BCUT2D eigenvalue weighted by atomic mass is 15.3. The SMILES string of the molecule is CC(C)(N)CCC[N+](C)(C)C. The molecule has 2 heteroatoms. The Morgan fingerprint density at radius 1 is 1.18 bits per heavy atom. The zero-order chi connectivity index (χ0) is 9.12. The Kier molecular flexibility index (Phi) is 3.52. The van der Waals surface area contributed by atoms with Crippen LogP contribution in [0.5, 0.6) is 0 Å². The summed E-state index contributed by atoms with van der Waals surface area (Å²) < 4.78 is 1.04. The normalized spacial score (nSPS) is 13.6. The number of quaternary nitrogens is 1. The summed E-state index contributed by atoms with van der Waals surface area (Å²) in [6.07, 6.45) is 2.33. The van der Waals surface area contributed by atoms with Crippen molar-refractivity contribution < 1.29 is 4.48 Å². The third kappa shape index (κ3) is 9.92. The van der Waals surface area contributed by atoms with Crippen molar-refractivity contribution in [2.45, 2.75) is 32.2 Å². The lowest BCUT2D eigenvalue weighted by Gasteiger charge is -2.26. The van der Waals surface area contributed by atoms with Gasteiger partial charge in [-0.25, -0.2) is 0 Å². The predicted octanol–water partition coefficient (Wildman–Crippen LogP) is 1.21. The lowest BCUT2D eigenvalue weighted by atomic mass is 10.00. The molecule has 0 aliphatic carbocycles. The average Bonchev–Trinajstić information content (AvgIpc) is 1.55. The molecule has 0 saturated carbocycles. The molecule has 0 atom stereocenters. The van der Waals surface area contributed by atoms with Gasteiger partial charge in [0.1, 0.15) is 0 Å². The molecule has 0 rings (SSSR count). The van der Waals surface area contributed by atoms with E-state index in [4.69, 9.17) is 5.73 Å². The summed E-state index contributed by atoms with van der Waals surface area (Å²) in [6.45, 7) is 5.38. The van der Waals surface area contributed by atoms with Crippen LogP contribution in [0.2, 0.25) is 0 Å². The van der Waals surface area contributed by atoms with Crippen molar-refractivity contribution in [3.63, 3.8) is 0 Å². The highest BCUT2D eigenvalue weighted by Crippen LogP contribution is 2.08. The molecular formula is C9H23N2+. The summed E-state index contributed by atoms with van der Waals surface area (Å²) in [4.78, 5) is 0. The van der Waals surface area contributed by atoms with E-state index in [0.29, 0.717) is 0 Å². The van der Waals surface area contributed by atoms with Crippen LogP contribution in [-0.4, -0.2) is 37.7 Å². The van der Waals surface area contributed by atoms with Crippen LogP contribution < -0.4 is 5.73 Å². The average molecular weight is 159 g/mol. The van der Waals surface area contributed by atoms with Crippen molar-refractivity contribution in [2.24, 2.45) is 5.73 Å². The third-order valence-electron chi connectivity index (χ3n) is 1.65. The zero-order valence-corrected chi connectivity index (χ0v) is 8.65. The minimum Gasteiger partial charge on any atom is -0.331 e. The van der Waals surface area contributed by atoms with Crippen LogP contribution in [0.25, 0.3) is 0 Å². The van der Waals surface area contributed by atoms with Gasteiger partial charge in [-0.05, 0) is 26.7 Å². The molecule has 0 amide bonds. The van der Waals surface area contributed by atoms with Crippen LogP contribution in [0.15, 0.2) is 0 Å². The van der Waals surface area contributed by atoms with E-state index in [2.05, 4.69) is 35.0 Å². The molecule has 0 aliphatic heterocycles. The molecule has 0 radical (unpaired) electrons. The number of hydrogen-bond donors (Lipinski definition) is 1. The Bertz CT molecular complexity index is 91.7. The molecular weight excluding hydrogens is 136 g/mol. The molecule has 0 unspecified atom stereocenters. The maximum atomic E-state index is 5.86. The van der Waals surface area contributed by atoms with Crippen molar-refractivity contribution in [1.29, 1.82) is 0 Å². The number of nitrogens with zero attached hydrogens (tertiary/aromatic N) is 1. The minimum atomic E-state index is 0.00910. The molecule has 0 aliphatic rings. The van der Waals surface area contributed by atoms with E-state index in [-0.39, 0.29) is 5.54 Å². The Balaban J connectivity index is 3.44. The largest absolute Gasteiger partial charge is 0.331 e. The highest BCUT2D eigenvalue weighted by molar-refractivity contribution is 4.70. The lowest BCUT2D eigenvalue weighted by Crippen LogP contribution is -2.38. The predicted molar refractivity (Wildman–Crippen MR) is 50.4 cm³/mol. The second-order valence-corrected chi connectivity index (χ2v) is 5.11. The van der Waals surface area contributed by atoms with Gasteiger partial charge < -0.3 is 10.2 Å². The molecule has 0 aromatic carbocycles. The first-order valence-corrected chi connectivity index (χ1v) is 4.30. The van der Waals surface area contributed by atoms with Crippen molar-refractivity contribution in [1.82, 2.24) is 0 Å². The van der Waals surface area contributed by atoms with Crippen LogP contribution >= 0.6 is 0 Å². The van der Waals surface area contributed by atoms with Gasteiger partial charge in [-0.1, -0.05) is 0 Å². The van der Waals surface area contributed by atoms with E-state index in [0.717, 1.165) is 10.9 Å². The zero-order valence-electron chi connectivity index (χ0n) is 8.65. The molecule has 0 fully saturated rings. The fourth-order valence-electron chi connectivity index (χ4n) is 1.01.